The summed E-state index contributed by atoms with van der Waals surface area (Å²) in [5.74, 6) is 0.0159. The van der Waals surface area contributed by atoms with Gasteiger partial charge in [0.25, 0.3) is 5.91 Å². The lowest BCUT2D eigenvalue weighted by atomic mass is 10.0. The third-order valence-electron chi connectivity index (χ3n) is 2.92. The van der Waals surface area contributed by atoms with Crippen LogP contribution < -0.4 is 11.1 Å². The monoisotopic (exact) mass is 248 g/mol. The van der Waals surface area contributed by atoms with Crippen molar-refractivity contribution in [3.05, 3.63) is 35.4 Å². The molecule has 3 nitrogen and oxygen atoms in total. The number of hydrogen-bond acceptors (Lipinski definition) is 2. The topological polar surface area (TPSA) is 55.1 Å². The third kappa shape index (κ3) is 5.32. The smallest absolute Gasteiger partial charge is 0.251 e. The molecule has 0 aromatic heterocycles. The van der Waals surface area contributed by atoms with Crippen molar-refractivity contribution < 1.29 is 4.79 Å². The first-order chi connectivity index (χ1) is 8.63. The number of benzene rings is 1. The zero-order valence-corrected chi connectivity index (χ0v) is 11.4. The molecule has 0 fully saturated rings. The number of hydrogen-bond donors (Lipinski definition) is 2. The minimum absolute atomic E-state index is 0.0159. The molecule has 100 valence electrons. The molecule has 1 aromatic rings. The molecule has 0 radical (unpaired) electrons. The molecule has 18 heavy (non-hydrogen) atoms. The van der Waals surface area contributed by atoms with Crippen molar-refractivity contribution in [1.82, 2.24) is 5.32 Å². The van der Waals surface area contributed by atoms with Crippen LogP contribution in [0, 0.1) is 0 Å². The molecule has 0 bridgehead atoms. The van der Waals surface area contributed by atoms with E-state index in [1.807, 2.05) is 31.2 Å². The standard InChI is InChI=1S/C15H24N2O/c1-3-4-11-17-15(18)14-9-7-13(8-10-14)6-5-12(2)16/h7-10,12H,3-6,11,16H2,1-2H3,(H,17,18). The summed E-state index contributed by atoms with van der Waals surface area (Å²) in [5, 5.41) is 2.91. The van der Waals surface area contributed by atoms with Crippen LogP contribution in [0.15, 0.2) is 24.3 Å². The van der Waals surface area contributed by atoms with Crippen LogP contribution in [0.5, 0.6) is 0 Å². The summed E-state index contributed by atoms with van der Waals surface area (Å²) in [6.45, 7) is 4.87. The van der Waals surface area contributed by atoms with E-state index in [9.17, 15) is 4.79 Å². The van der Waals surface area contributed by atoms with Crippen LogP contribution in [0.1, 0.15) is 49.0 Å². The molecule has 0 heterocycles. The van der Waals surface area contributed by atoms with Gasteiger partial charge >= 0.3 is 0 Å². The molecule has 0 aliphatic carbocycles. The van der Waals surface area contributed by atoms with Crippen LogP contribution in [0.2, 0.25) is 0 Å². The Morgan fingerprint density at radius 1 is 1.33 bits per heavy atom. The highest BCUT2D eigenvalue weighted by Gasteiger charge is 2.04. The van der Waals surface area contributed by atoms with E-state index in [2.05, 4.69) is 12.2 Å². The van der Waals surface area contributed by atoms with Crippen LogP contribution in [-0.2, 0) is 6.42 Å². The van der Waals surface area contributed by atoms with Crippen LogP contribution in [-0.4, -0.2) is 18.5 Å². The Hall–Kier alpha value is -1.35. The Morgan fingerprint density at radius 2 is 2.00 bits per heavy atom. The molecular weight excluding hydrogens is 224 g/mol. The number of nitrogens with one attached hydrogen (secondary N) is 1. The van der Waals surface area contributed by atoms with Crippen molar-refractivity contribution >= 4 is 5.91 Å². The maximum Gasteiger partial charge on any atom is 0.251 e. The van der Waals surface area contributed by atoms with Gasteiger partial charge < -0.3 is 11.1 Å². The van der Waals surface area contributed by atoms with Gasteiger partial charge in [-0.15, -0.1) is 0 Å². The van der Waals surface area contributed by atoms with Crippen molar-refractivity contribution in [2.75, 3.05) is 6.54 Å². The van der Waals surface area contributed by atoms with E-state index < -0.39 is 0 Å². The van der Waals surface area contributed by atoms with E-state index in [1.165, 1.54) is 5.56 Å². The van der Waals surface area contributed by atoms with Gasteiger partial charge in [-0.05, 0) is 43.9 Å². The molecule has 0 aliphatic heterocycles. The molecule has 3 heteroatoms. The normalized spacial score (nSPS) is 12.2. The average molecular weight is 248 g/mol. The molecule has 0 aliphatic rings. The molecule has 1 atom stereocenters. The first-order valence-corrected chi connectivity index (χ1v) is 6.76. The van der Waals surface area contributed by atoms with Gasteiger partial charge in [0.2, 0.25) is 0 Å². The van der Waals surface area contributed by atoms with Crippen molar-refractivity contribution in [2.45, 2.75) is 45.6 Å². The summed E-state index contributed by atoms with van der Waals surface area (Å²) in [6.07, 6.45) is 4.06. The zero-order valence-electron chi connectivity index (χ0n) is 11.4. The average Bonchev–Trinajstić information content (AvgIpc) is 2.37. The van der Waals surface area contributed by atoms with E-state index >= 15 is 0 Å². The summed E-state index contributed by atoms with van der Waals surface area (Å²) in [7, 11) is 0. The van der Waals surface area contributed by atoms with Gasteiger partial charge in [-0.3, -0.25) is 4.79 Å². The number of unbranched alkanes of at least 4 members (excludes halogenated alkanes) is 1. The van der Waals surface area contributed by atoms with Crippen molar-refractivity contribution in [1.29, 1.82) is 0 Å². The van der Waals surface area contributed by atoms with Gasteiger partial charge in [-0.25, -0.2) is 0 Å². The summed E-state index contributed by atoms with van der Waals surface area (Å²) in [4.78, 5) is 11.8. The fraction of sp³-hybridized carbons (Fsp3) is 0.533. The highest BCUT2D eigenvalue weighted by molar-refractivity contribution is 5.94. The fourth-order valence-corrected chi connectivity index (χ4v) is 1.70. The quantitative estimate of drug-likeness (QED) is 0.728. The van der Waals surface area contributed by atoms with Crippen LogP contribution in [0.25, 0.3) is 0 Å². The van der Waals surface area contributed by atoms with Gasteiger partial charge in [0.05, 0.1) is 0 Å². The molecule has 0 spiro atoms. The molecule has 1 unspecified atom stereocenters. The summed E-state index contributed by atoms with van der Waals surface area (Å²) in [5.41, 5.74) is 7.69. The molecule has 0 saturated carbocycles. The van der Waals surface area contributed by atoms with E-state index in [-0.39, 0.29) is 11.9 Å². The predicted molar refractivity (Wildman–Crippen MR) is 75.7 cm³/mol. The van der Waals surface area contributed by atoms with Crippen molar-refractivity contribution in [3.8, 4) is 0 Å². The Morgan fingerprint density at radius 3 is 2.56 bits per heavy atom. The second kappa shape index (κ2) is 7.88. The Balaban J connectivity index is 2.46. The number of nitrogens with two attached hydrogens (primary N) is 1. The molecule has 0 saturated heterocycles. The molecule has 1 amide bonds. The lowest BCUT2D eigenvalue weighted by Gasteiger charge is -2.07. The number of amides is 1. The molecule has 1 rings (SSSR count). The minimum Gasteiger partial charge on any atom is -0.352 e. The van der Waals surface area contributed by atoms with Crippen LogP contribution >= 0.6 is 0 Å². The number of carbonyl (C=O) groups excluding carboxylic acids is 1. The van der Waals surface area contributed by atoms with E-state index in [0.29, 0.717) is 0 Å². The first kappa shape index (κ1) is 14.7. The third-order valence-corrected chi connectivity index (χ3v) is 2.92. The largest absolute Gasteiger partial charge is 0.352 e. The Kier molecular flexibility index (Phi) is 6.44. The lowest BCUT2D eigenvalue weighted by Crippen LogP contribution is -2.24. The predicted octanol–water partition coefficient (Wildman–Crippen LogP) is 2.50. The number of carbonyl (C=O) groups is 1. The van der Waals surface area contributed by atoms with Gasteiger partial charge in [0.1, 0.15) is 0 Å². The maximum absolute atomic E-state index is 11.8. The highest BCUT2D eigenvalue weighted by atomic mass is 16.1. The fourth-order valence-electron chi connectivity index (χ4n) is 1.70. The summed E-state index contributed by atoms with van der Waals surface area (Å²) >= 11 is 0. The van der Waals surface area contributed by atoms with E-state index in [1.54, 1.807) is 0 Å². The zero-order chi connectivity index (χ0) is 13.4. The van der Waals surface area contributed by atoms with Crippen LogP contribution in [0.3, 0.4) is 0 Å². The van der Waals surface area contributed by atoms with Gasteiger partial charge in [-0.1, -0.05) is 25.5 Å². The Labute approximate surface area is 110 Å². The first-order valence-electron chi connectivity index (χ1n) is 6.76. The molecular formula is C15H24N2O. The summed E-state index contributed by atoms with van der Waals surface area (Å²) in [6, 6.07) is 8.02. The highest BCUT2D eigenvalue weighted by Crippen LogP contribution is 2.07. The van der Waals surface area contributed by atoms with Gasteiger partial charge in [0.15, 0.2) is 0 Å². The molecule has 3 N–H and O–H groups in total. The number of rotatable bonds is 7. The van der Waals surface area contributed by atoms with Gasteiger partial charge in [-0.2, -0.15) is 0 Å². The van der Waals surface area contributed by atoms with Crippen molar-refractivity contribution in [3.63, 3.8) is 0 Å². The minimum atomic E-state index is 0.0159. The number of aryl methyl sites for hydroxylation is 1. The van der Waals surface area contributed by atoms with E-state index in [4.69, 9.17) is 5.73 Å². The SMILES string of the molecule is CCCCNC(=O)c1ccc(CCC(C)N)cc1. The van der Waals surface area contributed by atoms with Crippen LogP contribution in [0.4, 0.5) is 0 Å². The lowest BCUT2D eigenvalue weighted by molar-refractivity contribution is 0.0953. The summed E-state index contributed by atoms with van der Waals surface area (Å²) < 4.78 is 0. The second-order valence-corrected chi connectivity index (χ2v) is 4.82. The maximum atomic E-state index is 11.8. The van der Waals surface area contributed by atoms with Gasteiger partial charge in [0, 0.05) is 18.2 Å². The molecule has 1 aromatic carbocycles. The Bertz CT molecular complexity index is 357. The second-order valence-electron chi connectivity index (χ2n) is 4.82. The van der Waals surface area contributed by atoms with Crippen molar-refractivity contribution in [2.24, 2.45) is 5.73 Å². The van der Waals surface area contributed by atoms with E-state index in [0.717, 1.165) is 37.8 Å².